The number of carbonyl (C=O) groups excluding carboxylic acids is 1. The van der Waals surface area contributed by atoms with Gasteiger partial charge in [-0.05, 0) is 66.4 Å². The third-order valence-electron chi connectivity index (χ3n) is 5.96. The maximum absolute atomic E-state index is 12.6. The first kappa shape index (κ1) is 25.3. The van der Waals surface area contributed by atoms with Crippen molar-refractivity contribution in [2.45, 2.75) is 20.5 Å². The Hall–Kier alpha value is -4.35. The van der Waals surface area contributed by atoms with E-state index < -0.39 is 5.97 Å². The van der Waals surface area contributed by atoms with Gasteiger partial charge < -0.3 is 14.2 Å². The van der Waals surface area contributed by atoms with Gasteiger partial charge in [-0.1, -0.05) is 83.9 Å². The van der Waals surface area contributed by atoms with E-state index in [1.807, 2.05) is 86.6 Å². The average Bonchev–Trinajstić information content (AvgIpc) is 3.29. The van der Waals surface area contributed by atoms with Crippen LogP contribution in [0.2, 0.25) is 5.02 Å². The lowest BCUT2D eigenvalue weighted by atomic mass is 10.0. The fourth-order valence-electron chi connectivity index (χ4n) is 4.16. The van der Waals surface area contributed by atoms with Crippen LogP contribution >= 0.6 is 11.6 Å². The van der Waals surface area contributed by atoms with Crippen LogP contribution in [-0.2, 0) is 16.1 Å². The SMILES string of the molecule is CCOc1cc(/C=C2\N=C(c3ccc(-c4ccccc4)cc3)OC2=O)cc(Cl)c1OCc1cccc(C)c1. The van der Waals surface area contributed by atoms with E-state index in [1.54, 1.807) is 18.2 Å². The summed E-state index contributed by atoms with van der Waals surface area (Å²) in [7, 11) is 0. The quantitative estimate of drug-likeness (QED) is 0.176. The van der Waals surface area contributed by atoms with E-state index in [0.29, 0.717) is 35.3 Å². The van der Waals surface area contributed by atoms with Gasteiger partial charge in [-0.25, -0.2) is 9.79 Å². The second kappa shape index (κ2) is 11.4. The highest BCUT2D eigenvalue weighted by Gasteiger charge is 2.24. The fourth-order valence-corrected chi connectivity index (χ4v) is 4.43. The summed E-state index contributed by atoms with van der Waals surface area (Å²) in [5.74, 6) is 0.677. The van der Waals surface area contributed by atoms with Gasteiger partial charge in [0.1, 0.15) is 6.61 Å². The molecule has 0 bridgehead atoms. The van der Waals surface area contributed by atoms with Gasteiger partial charge in [-0.15, -0.1) is 0 Å². The highest BCUT2D eigenvalue weighted by atomic mass is 35.5. The first-order valence-electron chi connectivity index (χ1n) is 12.3. The molecule has 4 aromatic rings. The zero-order valence-electron chi connectivity index (χ0n) is 21.1. The maximum Gasteiger partial charge on any atom is 0.363 e. The van der Waals surface area contributed by atoms with Gasteiger partial charge in [0.15, 0.2) is 17.2 Å². The molecule has 0 unspecified atom stereocenters. The van der Waals surface area contributed by atoms with Crippen molar-refractivity contribution < 1.29 is 19.0 Å². The third kappa shape index (κ3) is 5.79. The summed E-state index contributed by atoms with van der Waals surface area (Å²) in [6.07, 6.45) is 1.63. The van der Waals surface area contributed by atoms with Crippen molar-refractivity contribution in [2.24, 2.45) is 4.99 Å². The Balaban J connectivity index is 1.38. The number of hydrogen-bond acceptors (Lipinski definition) is 5. The van der Waals surface area contributed by atoms with Gasteiger partial charge in [0, 0.05) is 5.56 Å². The molecule has 0 N–H and O–H groups in total. The first-order valence-corrected chi connectivity index (χ1v) is 12.7. The summed E-state index contributed by atoms with van der Waals surface area (Å²) in [5.41, 5.74) is 5.91. The average molecular weight is 524 g/mol. The van der Waals surface area contributed by atoms with Crippen molar-refractivity contribution in [3.63, 3.8) is 0 Å². The third-order valence-corrected chi connectivity index (χ3v) is 6.24. The Bertz CT molecular complexity index is 1530. The van der Waals surface area contributed by atoms with Crippen molar-refractivity contribution in [3.05, 3.63) is 124 Å². The van der Waals surface area contributed by atoms with Gasteiger partial charge >= 0.3 is 5.97 Å². The molecule has 0 saturated carbocycles. The molecule has 0 atom stereocenters. The number of rotatable bonds is 8. The van der Waals surface area contributed by atoms with Crippen LogP contribution in [-0.4, -0.2) is 18.5 Å². The second-order valence-corrected chi connectivity index (χ2v) is 9.23. The number of halogens is 1. The van der Waals surface area contributed by atoms with E-state index in [9.17, 15) is 4.79 Å². The molecule has 0 aliphatic carbocycles. The Kier molecular flexibility index (Phi) is 7.57. The van der Waals surface area contributed by atoms with Crippen LogP contribution in [0.3, 0.4) is 0 Å². The number of esters is 1. The van der Waals surface area contributed by atoms with Crippen LogP contribution in [0, 0.1) is 6.92 Å². The van der Waals surface area contributed by atoms with Gasteiger partial charge in [-0.3, -0.25) is 0 Å². The first-order chi connectivity index (χ1) is 18.5. The van der Waals surface area contributed by atoms with E-state index >= 15 is 0 Å². The van der Waals surface area contributed by atoms with Crippen LogP contribution in [0.15, 0.2) is 102 Å². The molecule has 5 rings (SSSR count). The normalized spacial score (nSPS) is 13.8. The molecule has 0 fully saturated rings. The Labute approximate surface area is 227 Å². The van der Waals surface area contributed by atoms with Gasteiger partial charge in [0.2, 0.25) is 5.90 Å². The van der Waals surface area contributed by atoms with E-state index in [4.69, 9.17) is 25.8 Å². The van der Waals surface area contributed by atoms with Crippen molar-refractivity contribution in [1.29, 1.82) is 0 Å². The molecule has 0 radical (unpaired) electrons. The highest BCUT2D eigenvalue weighted by Crippen LogP contribution is 2.38. The molecule has 1 aliphatic heterocycles. The Morgan fingerprint density at radius 3 is 2.34 bits per heavy atom. The van der Waals surface area contributed by atoms with Gasteiger partial charge in [0.05, 0.1) is 11.6 Å². The minimum atomic E-state index is -0.527. The predicted octanol–water partition coefficient (Wildman–Crippen LogP) is 7.64. The standard InChI is InChI=1S/C32H26ClNO4/c1-3-36-29-19-23(17-27(33)30(29)37-20-22-9-7-8-21(2)16-22)18-28-32(35)38-31(34-28)26-14-12-25(13-15-26)24-10-5-4-6-11-24/h4-19H,3,20H2,1-2H3/b28-18-. The van der Waals surface area contributed by atoms with Crippen LogP contribution < -0.4 is 9.47 Å². The number of benzene rings is 4. The number of carbonyl (C=O) groups is 1. The van der Waals surface area contributed by atoms with Crippen molar-refractivity contribution in [1.82, 2.24) is 0 Å². The van der Waals surface area contributed by atoms with Crippen LogP contribution in [0.4, 0.5) is 0 Å². The van der Waals surface area contributed by atoms with Crippen molar-refractivity contribution >= 4 is 29.5 Å². The molecule has 190 valence electrons. The smallest absolute Gasteiger partial charge is 0.363 e. The van der Waals surface area contributed by atoms with E-state index in [2.05, 4.69) is 11.1 Å². The van der Waals surface area contributed by atoms with Gasteiger partial charge in [0.25, 0.3) is 0 Å². The molecule has 38 heavy (non-hydrogen) atoms. The lowest BCUT2D eigenvalue weighted by Crippen LogP contribution is -2.05. The van der Waals surface area contributed by atoms with E-state index in [-0.39, 0.29) is 11.6 Å². The van der Waals surface area contributed by atoms with Crippen LogP contribution in [0.25, 0.3) is 17.2 Å². The molecule has 1 aliphatic rings. The predicted molar refractivity (Wildman–Crippen MR) is 151 cm³/mol. The topological polar surface area (TPSA) is 57.1 Å². The molecule has 5 nitrogen and oxygen atoms in total. The number of cyclic esters (lactones) is 1. The van der Waals surface area contributed by atoms with Crippen LogP contribution in [0.5, 0.6) is 11.5 Å². The summed E-state index contributed by atoms with van der Waals surface area (Å²) in [4.78, 5) is 17.0. The molecule has 0 saturated heterocycles. The summed E-state index contributed by atoms with van der Waals surface area (Å²) in [6.45, 7) is 4.70. The lowest BCUT2D eigenvalue weighted by molar-refractivity contribution is -0.129. The molecule has 6 heteroatoms. The zero-order valence-corrected chi connectivity index (χ0v) is 21.9. The number of nitrogens with zero attached hydrogens (tertiary/aromatic N) is 1. The van der Waals surface area contributed by atoms with Crippen molar-refractivity contribution in [3.8, 4) is 22.6 Å². The number of aryl methyl sites for hydroxylation is 1. The largest absolute Gasteiger partial charge is 0.490 e. The second-order valence-electron chi connectivity index (χ2n) is 8.82. The lowest BCUT2D eigenvalue weighted by Gasteiger charge is -2.15. The summed E-state index contributed by atoms with van der Waals surface area (Å²) in [5, 5.41) is 0.377. The Morgan fingerprint density at radius 2 is 1.61 bits per heavy atom. The summed E-state index contributed by atoms with van der Waals surface area (Å²) < 4.78 is 17.3. The van der Waals surface area contributed by atoms with Gasteiger partial charge in [-0.2, -0.15) is 0 Å². The molecule has 1 heterocycles. The Morgan fingerprint density at radius 1 is 0.868 bits per heavy atom. The number of hydrogen-bond donors (Lipinski definition) is 0. The molecule has 0 aromatic heterocycles. The monoisotopic (exact) mass is 523 g/mol. The minimum absolute atomic E-state index is 0.180. The molecule has 0 amide bonds. The van der Waals surface area contributed by atoms with E-state index in [0.717, 1.165) is 27.8 Å². The summed E-state index contributed by atoms with van der Waals surface area (Å²) in [6, 6.07) is 29.4. The summed E-state index contributed by atoms with van der Waals surface area (Å²) >= 11 is 6.59. The maximum atomic E-state index is 12.6. The molecular weight excluding hydrogens is 498 g/mol. The minimum Gasteiger partial charge on any atom is -0.490 e. The van der Waals surface area contributed by atoms with E-state index in [1.165, 1.54) is 0 Å². The molecular formula is C32H26ClNO4. The fraction of sp³-hybridized carbons (Fsp3) is 0.125. The number of ether oxygens (including phenoxy) is 3. The molecule has 0 spiro atoms. The van der Waals surface area contributed by atoms with Crippen LogP contribution in [0.1, 0.15) is 29.2 Å². The van der Waals surface area contributed by atoms with Crippen molar-refractivity contribution in [2.75, 3.05) is 6.61 Å². The zero-order chi connectivity index (χ0) is 26.5. The number of aliphatic imine (C=N–C) groups is 1. The molecule has 4 aromatic carbocycles. The highest BCUT2D eigenvalue weighted by molar-refractivity contribution is 6.32.